The predicted octanol–water partition coefficient (Wildman–Crippen LogP) is 1.95. The lowest BCUT2D eigenvalue weighted by Crippen LogP contribution is -2.17. The summed E-state index contributed by atoms with van der Waals surface area (Å²) >= 11 is 5.96. The standard InChI is InChI=1S/C10H9ClN2O/c1-12-10(14)7-6-9(11)13-5-3-2-4-8(7)13/h2-6H,1H3,(H,12,14). The van der Waals surface area contributed by atoms with E-state index in [0.29, 0.717) is 10.7 Å². The maximum absolute atomic E-state index is 11.5. The lowest BCUT2D eigenvalue weighted by molar-refractivity contribution is 0.0965. The van der Waals surface area contributed by atoms with E-state index in [9.17, 15) is 4.79 Å². The molecule has 0 atom stereocenters. The van der Waals surface area contributed by atoms with Crippen LogP contribution in [0.3, 0.4) is 0 Å². The van der Waals surface area contributed by atoms with Crippen LogP contribution in [0, 0.1) is 0 Å². The molecule has 0 aliphatic heterocycles. The summed E-state index contributed by atoms with van der Waals surface area (Å²) in [5, 5.41) is 3.12. The number of nitrogens with one attached hydrogen (secondary N) is 1. The normalized spacial score (nSPS) is 10.4. The second-order valence-electron chi connectivity index (χ2n) is 2.92. The molecule has 2 aromatic heterocycles. The third kappa shape index (κ3) is 1.26. The predicted molar refractivity (Wildman–Crippen MR) is 55.8 cm³/mol. The molecule has 14 heavy (non-hydrogen) atoms. The van der Waals surface area contributed by atoms with Crippen LogP contribution in [0.1, 0.15) is 10.4 Å². The van der Waals surface area contributed by atoms with Gasteiger partial charge in [0.05, 0.1) is 11.1 Å². The number of nitrogens with zero attached hydrogens (tertiary/aromatic N) is 1. The number of hydrogen-bond donors (Lipinski definition) is 1. The van der Waals surface area contributed by atoms with Gasteiger partial charge in [0, 0.05) is 13.2 Å². The van der Waals surface area contributed by atoms with Crippen molar-refractivity contribution in [1.29, 1.82) is 0 Å². The number of carbonyl (C=O) groups is 1. The molecule has 72 valence electrons. The zero-order valence-electron chi connectivity index (χ0n) is 7.62. The van der Waals surface area contributed by atoms with E-state index in [1.807, 2.05) is 24.4 Å². The number of fused-ring (bicyclic) bond motifs is 1. The van der Waals surface area contributed by atoms with Gasteiger partial charge in [-0.05, 0) is 18.2 Å². The monoisotopic (exact) mass is 208 g/mol. The highest BCUT2D eigenvalue weighted by molar-refractivity contribution is 6.30. The number of aromatic nitrogens is 1. The van der Waals surface area contributed by atoms with Crippen LogP contribution in [0.4, 0.5) is 0 Å². The lowest BCUT2D eigenvalue weighted by Gasteiger charge is -1.97. The van der Waals surface area contributed by atoms with Gasteiger partial charge in [-0.3, -0.25) is 4.79 Å². The number of pyridine rings is 1. The van der Waals surface area contributed by atoms with Gasteiger partial charge in [0.1, 0.15) is 5.15 Å². The molecule has 4 heteroatoms. The summed E-state index contributed by atoms with van der Waals surface area (Å²) in [6.07, 6.45) is 1.82. The van der Waals surface area contributed by atoms with Crippen molar-refractivity contribution in [2.24, 2.45) is 0 Å². The van der Waals surface area contributed by atoms with Crippen molar-refractivity contribution in [2.45, 2.75) is 0 Å². The molecule has 0 bridgehead atoms. The van der Waals surface area contributed by atoms with Gasteiger partial charge in [-0.2, -0.15) is 0 Å². The highest BCUT2D eigenvalue weighted by Gasteiger charge is 2.11. The molecule has 2 heterocycles. The first-order valence-corrected chi connectivity index (χ1v) is 4.59. The van der Waals surface area contributed by atoms with Gasteiger partial charge in [-0.1, -0.05) is 17.7 Å². The minimum atomic E-state index is -0.124. The van der Waals surface area contributed by atoms with Gasteiger partial charge in [-0.15, -0.1) is 0 Å². The average molecular weight is 209 g/mol. The first-order chi connectivity index (χ1) is 6.74. The molecule has 0 aliphatic carbocycles. The summed E-state index contributed by atoms with van der Waals surface area (Å²) in [5.74, 6) is -0.124. The Kier molecular flexibility index (Phi) is 2.17. The van der Waals surface area contributed by atoms with Gasteiger partial charge >= 0.3 is 0 Å². The zero-order valence-corrected chi connectivity index (χ0v) is 8.38. The molecule has 0 spiro atoms. The van der Waals surface area contributed by atoms with Crippen LogP contribution in [0.15, 0.2) is 30.5 Å². The van der Waals surface area contributed by atoms with E-state index in [4.69, 9.17) is 11.6 Å². The van der Waals surface area contributed by atoms with Crippen LogP contribution < -0.4 is 5.32 Å². The highest BCUT2D eigenvalue weighted by Crippen LogP contribution is 2.20. The van der Waals surface area contributed by atoms with Crippen molar-refractivity contribution in [3.8, 4) is 0 Å². The molecule has 0 radical (unpaired) electrons. The van der Waals surface area contributed by atoms with Gasteiger partial charge in [0.2, 0.25) is 0 Å². The van der Waals surface area contributed by atoms with Crippen molar-refractivity contribution >= 4 is 23.0 Å². The molecule has 0 fully saturated rings. The highest BCUT2D eigenvalue weighted by atomic mass is 35.5. The molecule has 3 nitrogen and oxygen atoms in total. The van der Waals surface area contributed by atoms with E-state index >= 15 is 0 Å². The molecule has 0 saturated heterocycles. The van der Waals surface area contributed by atoms with Crippen molar-refractivity contribution in [3.05, 3.63) is 41.2 Å². The lowest BCUT2D eigenvalue weighted by atomic mass is 10.2. The van der Waals surface area contributed by atoms with E-state index in [0.717, 1.165) is 5.52 Å². The van der Waals surface area contributed by atoms with Gasteiger partial charge < -0.3 is 9.72 Å². The van der Waals surface area contributed by atoms with Crippen molar-refractivity contribution < 1.29 is 4.79 Å². The molecular formula is C10H9ClN2O. The Morgan fingerprint density at radius 2 is 2.29 bits per heavy atom. The smallest absolute Gasteiger partial charge is 0.253 e. The third-order valence-corrected chi connectivity index (χ3v) is 2.39. The Labute approximate surface area is 86.3 Å². The van der Waals surface area contributed by atoms with E-state index in [2.05, 4.69) is 5.32 Å². The fraction of sp³-hybridized carbons (Fsp3) is 0.100. The van der Waals surface area contributed by atoms with Crippen LogP contribution in [0.5, 0.6) is 0 Å². The van der Waals surface area contributed by atoms with Crippen LogP contribution in [0.2, 0.25) is 5.15 Å². The molecule has 0 aromatic carbocycles. The Hall–Kier alpha value is -1.48. The molecule has 2 rings (SSSR count). The minimum Gasteiger partial charge on any atom is -0.355 e. The Bertz CT molecular complexity index is 490. The SMILES string of the molecule is CNC(=O)c1cc(Cl)n2ccccc12. The first kappa shape index (κ1) is 9.09. The van der Waals surface area contributed by atoms with E-state index in [1.54, 1.807) is 17.5 Å². The molecule has 0 unspecified atom stereocenters. The molecule has 0 saturated carbocycles. The second-order valence-corrected chi connectivity index (χ2v) is 3.30. The quantitative estimate of drug-likeness (QED) is 0.764. The maximum atomic E-state index is 11.5. The number of amides is 1. The fourth-order valence-electron chi connectivity index (χ4n) is 1.43. The largest absolute Gasteiger partial charge is 0.355 e. The molecule has 0 aliphatic rings. The summed E-state index contributed by atoms with van der Waals surface area (Å²) in [6, 6.07) is 7.26. The summed E-state index contributed by atoms with van der Waals surface area (Å²) in [6.45, 7) is 0. The van der Waals surface area contributed by atoms with E-state index in [1.165, 1.54) is 0 Å². The van der Waals surface area contributed by atoms with E-state index < -0.39 is 0 Å². The number of rotatable bonds is 1. The van der Waals surface area contributed by atoms with Crippen molar-refractivity contribution in [1.82, 2.24) is 9.72 Å². The van der Waals surface area contributed by atoms with Crippen molar-refractivity contribution in [2.75, 3.05) is 7.05 Å². The second kappa shape index (κ2) is 3.35. The number of halogens is 1. The summed E-state index contributed by atoms with van der Waals surface area (Å²) in [5.41, 5.74) is 1.41. The van der Waals surface area contributed by atoms with Gasteiger partial charge in [0.15, 0.2) is 0 Å². The Morgan fingerprint density at radius 3 is 3.00 bits per heavy atom. The summed E-state index contributed by atoms with van der Waals surface area (Å²) in [4.78, 5) is 11.5. The average Bonchev–Trinajstić information content (AvgIpc) is 2.56. The van der Waals surface area contributed by atoms with Gasteiger partial charge in [0.25, 0.3) is 5.91 Å². The zero-order chi connectivity index (χ0) is 10.1. The van der Waals surface area contributed by atoms with Crippen LogP contribution >= 0.6 is 11.6 Å². The van der Waals surface area contributed by atoms with Crippen LogP contribution in [0.25, 0.3) is 5.52 Å². The first-order valence-electron chi connectivity index (χ1n) is 4.21. The van der Waals surface area contributed by atoms with Gasteiger partial charge in [-0.25, -0.2) is 0 Å². The molecular weight excluding hydrogens is 200 g/mol. The summed E-state index contributed by atoms with van der Waals surface area (Å²) < 4.78 is 1.77. The van der Waals surface area contributed by atoms with E-state index in [-0.39, 0.29) is 5.91 Å². The fourth-order valence-corrected chi connectivity index (χ4v) is 1.68. The third-order valence-electron chi connectivity index (χ3n) is 2.10. The Balaban J connectivity index is 2.72. The Morgan fingerprint density at radius 1 is 1.50 bits per heavy atom. The van der Waals surface area contributed by atoms with Crippen LogP contribution in [-0.2, 0) is 0 Å². The maximum Gasteiger partial charge on any atom is 0.253 e. The molecule has 1 N–H and O–H groups in total. The summed E-state index contributed by atoms with van der Waals surface area (Å²) in [7, 11) is 1.60. The molecule has 2 aromatic rings. The molecule has 1 amide bonds. The number of carbonyl (C=O) groups excluding carboxylic acids is 1. The number of hydrogen-bond acceptors (Lipinski definition) is 1. The minimum absolute atomic E-state index is 0.124. The van der Waals surface area contributed by atoms with Crippen molar-refractivity contribution in [3.63, 3.8) is 0 Å². The topological polar surface area (TPSA) is 33.5 Å². The van der Waals surface area contributed by atoms with Crippen LogP contribution in [-0.4, -0.2) is 17.4 Å².